The first-order chi connectivity index (χ1) is 6.74. The molecule has 0 N–H and O–H groups in total. The Morgan fingerprint density at radius 1 is 1.64 bits per heavy atom. The van der Waals surface area contributed by atoms with E-state index in [2.05, 4.69) is 6.07 Å². The van der Waals surface area contributed by atoms with E-state index < -0.39 is 0 Å². The van der Waals surface area contributed by atoms with Crippen molar-refractivity contribution in [1.29, 1.82) is 5.26 Å². The van der Waals surface area contributed by atoms with Crippen LogP contribution in [0.25, 0.3) is 0 Å². The molecule has 1 aliphatic rings. The molecular formula is C10H10ClNOS. The van der Waals surface area contributed by atoms with Crippen molar-refractivity contribution >= 4 is 22.9 Å². The maximum absolute atomic E-state index is 9.13. The molecule has 1 atom stereocenters. The third kappa shape index (κ3) is 1.93. The van der Waals surface area contributed by atoms with Crippen LogP contribution in [0.5, 0.6) is 0 Å². The summed E-state index contributed by atoms with van der Waals surface area (Å²) in [5.74, 6) is 0. The molecule has 1 aromatic rings. The van der Waals surface area contributed by atoms with E-state index in [4.69, 9.17) is 21.6 Å². The van der Waals surface area contributed by atoms with Gasteiger partial charge in [-0.2, -0.15) is 5.26 Å². The summed E-state index contributed by atoms with van der Waals surface area (Å²) in [6.45, 7) is 1.26. The van der Waals surface area contributed by atoms with Gasteiger partial charge in [0.15, 0.2) is 0 Å². The largest absolute Gasteiger partial charge is 0.380 e. The lowest BCUT2D eigenvalue weighted by Crippen LogP contribution is -2.20. The van der Waals surface area contributed by atoms with Crippen molar-refractivity contribution in [2.45, 2.75) is 12.8 Å². The summed E-state index contributed by atoms with van der Waals surface area (Å²) in [6.07, 6.45) is 1.60. The van der Waals surface area contributed by atoms with Crippen molar-refractivity contribution in [3.8, 4) is 6.07 Å². The van der Waals surface area contributed by atoms with Crippen molar-refractivity contribution in [3.05, 3.63) is 21.3 Å². The predicted octanol–water partition coefficient (Wildman–Crippen LogP) is 2.87. The quantitative estimate of drug-likeness (QED) is 0.779. The van der Waals surface area contributed by atoms with Gasteiger partial charge in [-0.1, -0.05) is 11.6 Å². The van der Waals surface area contributed by atoms with Crippen LogP contribution in [0.15, 0.2) is 12.1 Å². The third-order valence-electron chi connectivity index (χ3n) is 2.48. The van der Waals surface area contributed by atoms with Crippen molar-refractivity contribution in [1.82, 2.24) is 0 Å². The summed E-state index contributed by atoms with van der Waals surface area (Å²) in [7, 11) is 0. The number of halogens is 1. The first-order valence-electron chi connectivity index (χ1n) is 4.47. The predicted molar refractivity (Wildman–Crippen MR) is 56.5 cm³/mol. The van der Waals surface area contributed by atoms with Gasteiger partial charge < -0.3 is 4.74 Å². The summed E-state index contributed by atoms with van der Waals surface area (Å²) in [5, 5.41) is 9.13. The Morgan fingerprint density at radius 3 is 3.00 bits per heavy atom. The van der Waals surface area contributed by atoms with Crippen molar-refractivity contribution in [2.75, 3.05) is 13.2 Å². The normalized spacial score (nSPS) is 26.3. The minimum absolute atomic E-state index is 0.311. The molecule has 0 amide bonds. The van der Waals surface area contributed by atoms with Gasteiger partial charge >= 0.3 is 0 Å². The van der Waals surface area contributed by atoms with Gasteiger partial charge in [0, 0.05) is 17.9 Å². The van der Waals surface area contributed by atoms with Gasteiger partial charge in [-0.25, -0.2) is 0 Å². The highest BCUT2D eigenvalue weighted by Crippen LogP contribution is 2.34. The standard InChI is InChI=1S/C10H10ClNOS/c11-9-2-1-8(14-9)5-10(6-12)3-4-13-7-10/h1-2H,3-5,7H2. The number of hydrogen-bond donors (Lipinski definition) is 0. The molecule has 2 rings (SSSR count). The Morgan fingerprint density at radius 2 is 2.50 bits per heavy atom. The fourth-order valence-corrected chi connectivity index (χ4v) is 2.89. The molecule has 14 heavy (non-hydrogen) atoms. The van der Waals surface area contributed by atoms with Gasteiger partial charge in [0.2, 0.25) is 0 Å². The van der Waals surface area contributed by atoms with Crippen molar-refractivity contribution < 1.29 is 4.74 Å². The topological polar surface area (TPSA) is 33.0 Å². The number of hydrogen-bond acceptors (Lipinski definition) is 3. The molecule has 1 aliphatic heterocycles. The van der Waals surface area contributed by atoms with Gasteiger partial charge in [0.1, 0.15) is 0 Å². The summed E-state index contributed by atoms with van der Waals surface area (Å²) in [5.41, 5.74) is -0.311. The van der Waals surface area contributed by atoms with Gasteiger partial charge in [-0.3, -0.25) is 0 Å². The number of thiophene rings is 1. The first-order valence-corrected chi connectivity index (χ1v) is 5.67. The van der Waals surface area contributed by atoms with Gasteiger partial charge in [-0.15, -0.1) is 11.3 Å². The van der Waals surface area contributed by atoms with Crippen LogP contribution < -0.4 is 0 Å². The van der Waals surface area contributed by atoms with E-state index in [0.29, 0.717) is 13.2 Å². The second-order valence-electron chi connectivity index (χ2n) is 3.58. The van der Waals surface area contributed by atoms with Crippen LogP contribution in [0.1, 0.15) is 11.3 Å². The highest BCUT2D eigenvalue weighted by atomic mass is 35.5. The summed E-state index contributed by atoms with van der Waals surface area (Å²) in [6, 6.07) is 6.24. The first kappa shape index (κ1) is 9.97. The molecule has 74 valence electrons. The molecular weight excluding hydrogens is 218 g/mol. The number of ether oxygens (including phenoxy) is 1. The summed E-state index contributed by atoms with van der Waals surface area (Å²) >= 11 is 7.39. The van der Waals surface area contributed by atoms with Crippen molar-refractivity contribution in [2.24, 2.45) is 5.41 Å². The highest BCUT2D eigenvalue weighted by molar-refractivity contribution is 7.16. The van der Waals surface area contributed by atoms with E-state index in [1.807, 2.05) is 12.1 Å². The third-order valence-corrected chi connectivity index (χ3v) is 3.71. The van der Waals surface area contributed by atoms with E-state index >= 15 is 0 Å². The SMILES string of the molecule is N#CC1(Cc2ccc(Cl)s2)CCOC1. The van der Waals surface area contributed by atoms with Crippen LogP contribution in [0, 0.1) is 16.7 Å². The number of nitriles is 1. The molecule has 0 aromatic carbocycles. The Hall–Kier alpha value is -0.560. The number of nitrogens with zero attached hydrogens (tertiary/aromatic N) is 1. The smallest absolute Gasteiger partial charge is 0.0931 e. The van der Waals surface area contributed by atoms with Crippen LogP contribution in [0.3, 0.4) is 0 Å². The highest BCUT2D eigenvalue weighted by Gasteiger charge is 2.35. The molecule has 1 aromatic heterocycles. The molecule has 1 fully saturated rings. The zero-order chi connectivity index (χ0) is 10.0. The van der Waals surface area contributed by atoms with Crippen molar-refractivity contribution in [3.63, 3.8) is 0 Å². The summed E-state index contributed by atoms with van der Waals surface area (Å²) in [4.78, 5) is 1.17. The maximum atomic E-state index is 9.13. The second-order valence-corrected chi connectivity index (χ2v) is 5.38. The van der Waals surface area contributed by atoms with Gasteiger partial charge in [0.05, 0.1) is 22.4 Å². The van der Waals surface area contributed by atoms with E-state index in [0.717, 1.165) is 17.2 Å². The lowest BCUT2D eigenvalue weighted by molar-refractivity contribution is 0.172. The molecule has 0 radical (unpaired) electrons. The Bertz CT molecular complexity index is 362. The lowest BCUT2D eigenvalue weighted by atomic mass is 9.85. The second kappa shape index (κ2) is 3.90. The fraction of sp³-hybridized carbons (Fsp3) is 0.500. The van der Waals surface area contributed by atoms with Crippen LogP contribution in [-0.4, -0.2) is 13.2 Å². The van der Waals surface area contributed by atoms with Crippen LogP contribution in [0.2, 0.25) is 4.34 Å². The minimum Gasteiger partial charge on any atom is -0.380 e. The molecule has 0 aliphatic carbocycles. The zero-order valence-corrected chi connectivity index (χ0v) is 9.20. The summed E-state index contributed by atoms with van der Waals surface area (Å²) < 4.78 is 6.06. The number of rotatable bonds is 2. The van der Waals surface area contributed by atoms with E-state index in [1.54, 1.807) is 11.3 Å². The minimum atomic E-state index is -0.311. The molecule has 2 nitrogen and oxygen atoms in total. The fourth-order valence-electron chi connectivity index (χ4n) is 1.65. The Kier molecular flexibility index (Phi) is 2.78. The van der Waals surface area contributed by atoms with Crippen LogP contribution in [-0.2, 0) is 11.2 Å². The Balaban J connectivity index is 2.13. The maximum Gasteiger partial charge on any atom is 0.0931 e. The molecule has 1 saturated heterocycles. The zero-order valence-electron chi connectivity index (χ0n) is 7.62. The van der Waals surface area contributed by atoms with Crippen LogP contribution >= 0.6 is 22.9 Å². The van der Waals surface area contributed by atoms with E-state index in [1.165, 1.54) is 4.88 Å². The average Bonchev–Trinajstić information content (AvgIpc) is 2.77. The lowest BCUT2D eigenvalue weighted by Gasteiger charge is -2.16. The van der Waals surface area contributed by atoms with E-state index in [-0.39, 0.29) is 5.41 Å². The Labute approximate surface area is 92.1 Å². The van der Waals surface area contributed by atoms with Gasteiger partial charge in [-0.05, 0) is 18.6 Å². The molecule has 2 heterocycles. The molecule has 0 spiro atoms. The van der Waals surface area contributed by atoms with Gasteiger partial charge in [0.25, 0.3) is 0 Å². The monoisotopic (exact) mass is 227 g/mol. The molecule has 0 bridgehead atoms. The van der Waals surface area contributed by atoms with E-state index in [9.17, 15) is 0 Å². The molecule has 4 heteroatoms. The molecule has 0 saturated carbocycles. The van der Waals surface area contributed by atoms with Crippen LogP contribution in [0.4, 0.5) is 0 Å². The molecule has 1 unspecified atom stereocenters. The average molecular weight is 228 g/mol.